The lowest BCUT2D eigenvalue weighted by Crippen LogP contribution is -2.29. The molecule has 0 saturated heterocycles. The standard InChI is InChI=1S/C8H15N3O/c1-2-7(6-4-3-5-6)10-11-8(9)12/h6H,2-5H2,1H3,(H3,9,11,12)/b10-7+. The van der Waals surface area contributed by atoms with Crippen molar-refractivity contribution < 1.29 is 4.79 Å². The Bertz CT molecular complexity index is 196. The van der Waals surface area contributed by atoms with Crippen LogP contribution in [-0.2, 0) is 0 Å². The molecule has 4 heteroatoms. The van der Waals surface area contributed by atoms with Gasteiger partial charge in [-0.05, 0) is 25.2 Å². The lowest BCUT2D eigenvalue weighted by molar-refractivity contribution is 0.249. The molecule has 1 saturated carbocycles. The molecular formula is C8H15N3O. The van der Waals surface area contributed by atoms with Gasteiger partial charge in [0.2, 0.25) is 0 Å². The summed E-state index contributed by atoms with van der Waals surface area (Å²) in [5.41, 5.74) is 8.24. The van der Waals surface area contributed by atoms with Crippen LogP contribution in [0.5, 0.6) is 0 Å². The van der Waals surface area contributed by atoms with Crippen molar-refractivity contribution in [1.82, 2.24) is 5.43 Å². The largest absolute Gasteiger partial charge is 0.350 e. The van der Waals surface area contributed by atoms with Gasteiger partial charge in [-0.3, -0.25) is 0 Å². The Labute approximate surface area is 72.2 Å². The summed E-state index contributed by atoms with van der Waals surface area (Å²) in [6.45, 7) is 2.04. The second kappa shape index (κ2) is 4.09. The third kappa shape index (κ3) is 2.22. The van der Waals surface area contributed by atoms with Gasteiger partial charge in [-0.25, -0.2) is 10.2 Å². The Balaban J connectivity index is 2.42. The van der Waals surface area contributed by atoms with E-state index >= 15 is 0 Å². The lowest BCUT2D eigenvalue weighted by atomic mass is 9.81. The molecule has 0 spiro atoms. The molecule has 12 heavy (non-hydrogen) atoms. The number of hydrogen-bond donors (Lipinski definition) is 2. The third-order valence-corrected chi connectivity index (χ3v) is 2.25. The Kier molecular flexibility index (Phi) is 3.08. The van der Waals surface area contributed by atoms with Crippen molar-refractivity contribution in [2.24, 2.45) is 16.8 Å². The quantitative estimate of drug-likeness (QED) is 0.484. The zero-order valence-electron chi connectivity index (χ0n) is 7.34. The van der Waals surface area contributed by atoms with Crippen molar-refractivity contribution >= 4 is 11.7 Å². The first-order valence-electron chi connectivity index (χ1n) is 4.36. The van der Waals surface area contributed by atoms with Gasteiger partial charge in [0.05, 0.1) is 0 Å². The average molecular weight is 169 g/mol. The summed E-state index contributed by atoms with van der Waals surface area (Å²) in [6, 6.07) is -0.583. The molecule has 2 amide bonds. The number of hydrazone groups is 1. The summed E-state index contributed by atoms with van der Waals surface area (Å²) in [7, 11) is 0. The molecule has 4 nitrogen and oxygen atoms in total. The molecule has 1 aliphatic carbocycles. The van der Waals surface area contributed by atoms with Gasteiger partial charge in [0, 0.05) is 5.71 Å². The van der Waals surface area contributed by atoms with E-state index in [1.54, 1.807) is 0 Å². The van der Waals surface area contributed by atoms with Gasteiger partial charge >= 0.3 is 6.03 Å². The van der Waals surface area contributed by atoms with E-state index in [-0.39, 0.29) is 0 Å². The van der Waals surface area contributed by atoms with Crippen LogP contribution in [0.4, 0.5) is 4.79 Å². The van der Waals surface area contributed by atoms with E-state index in [0.717, 1.165) is 12.1 Å². The van der Waals surface area contributed by atoms with E-state index in [9.17, 15) is 4.79 Å². The molecule has 0 aliphatic heterocycles. The number of primary amides is 1. The molecule has 1 aliphatic rings. The van der Waals surface area contributed by atoms with E-state index in [4.69, 9.17) is 5.73 Å². The molecule has 1 fully saturated rings. The van der Waals surface area contributed by atoms with Gasteiger partial charge in [-0.1, -0.05) is 13.3 Å². The molecule has 0 atom stereocenters. The van der Waals surface area contributed by atoms with Gasteiger partial charge in [-0.15, -0.1) is 0 Å². The third-order valence-electron chi connectivity index (χ3n) is 2.25. The predicted octanol–water partition coefficient (Wildman–Crippen LogP) is 1.22. The Morgan fingerprint density at radius 1 is 1.67 bits per heavy atom. The maximum atomic E-state index is 10.4. The Hall–Kier alpha value is -1.06. The SMILES string of the molecule is CC/C(=N\NC(N)=O)C1CCC1. The Morgan fingerprint density at radius 2 is 2.33 bits per heavy atom. The van der Waals surface area contributed by atoms with E-state index in [0.29, 0.717) is 5.92 Å². The fourth-order valence-electron chi connectivity index (χ4n) is 1.33. The fraction of sp³-hybridized carbons (Fsp3) is 0.750. The molecule has 68 valence electrons. The second-order valence-corrected chi connectivity index (χ2v) is 3.06. The summed E-state index contributed by atoms with van der Waals surface area (Å²) < 4.78 is 0. The predicted molar refractivity (Wildman–Crippen MR) is 47.8 cm³/mol. The number of nitrogens with zero attached hydrogens (tertiary/aromatic N) is 1. The van der Waals surface area contributed by atoms with E-state index in [1.165, 1.54) is 19.3 Å². The first-order valence-corrected chi connectivity index (χ1v) is 4.36. The van der Waals surface area contributed by atoms with Crippen LogP contribution in [0, 0.1) is 5.92 Å². The molecule has 0 unspecified atom stereocenters. The van der Waals surface area contributed by atoms with Crippen LogP contribution in [0.2, 0.25) is 0 Å². The van der Waals surface area contributed by atoms with Crippen molar-refractivity contribution in [2.45, 2.75) is 32.6 Å². The second-order valence-electron chi connectivity index (χ2n) is 3.06. The van der Waals surface area contributed by atoms with E-state index < -0.39 is 6.03 Å². The zero-order chi connectivity index (χ0) is 8.97. The minimum atomic E-state index is -0.583. The smallest absolute Gasteiger partial charge is 0.332 e. The molecule has 0 heterocycles. The van der Waals surface area contributed by atoms with Crippen molar-refractivity contribution in [3.05, 3.63) is 0 Å². The highest BCUT2D eigenvalue weighted by molar-refractivity contribution is 5.88. The van der Waals surface area contributed by atoms with Crippen LogP contribution in [0.1, 0.15) is 32.6 Å². The topological polar surface area (TPSA) is 67.5 Å². The average Bonchev–Trinajstić information content (AvgIpc) is 1.93. The van der Waals surface area contributed by atoms with Crippen LogP contribution in [0.25, 0.3) is 0 Å². The van der Waals surface area contributed by atoms with Crippen LogP contribution in [-0.4, -0.2) is 11.7 Å². The highest BCUT2D eigenvalue weighted by Gasteiger charge is 2.21. The molecule has 3 N–H and O–H groups in total. The van der Waals surface area contributed by atoms with Crippen molar-refractivity contribution in [3.63, 3.8) is 0 Å². The molecule has 0 aromatic carbocycles. The van der Waals surface area contributed by atoms with Gasteiger partial charge in [0.25, 0.3) is 0 Å². The minimum absolute atomic E-state index is 0.583. The Morgan fingerprint density at radius 3 is 2.67 bits per heavy atom. The normalized spacial score (nSPS) is 18.6. The summed E-state index contributed by atoms with van der Waals surface area (Å²) in [5.74, 6) is 0.585. The number of rotatable bonds is 3. The number of carbonyl (C=O) groups excluding carboxylic acids is 1. The van der Waals surface area contributed by atoms with Crippen LogP contribution < -0.4 is 11.2 Å². The molecule has 0 bridgehead atoms. The van der Waals surface area contributed by atoms with Crippen molar-refractivity contribution in [1.29, 1.82) is 0 Å². The highest BCUT2D eigenvalue weighted by Crippen LogP contribution is 2.28. The monoisotopic (exact) mass is 169 g/mol. The number of amides is 2. The van der Waals surface area contributed by atoms with E-state index in [1.807, 2.05) is 6.92 Å². The number of nitrogens with one attached hydrogen (secondary N) is 1. The van der Waals surface area contributed by atoms with Crippen LogP contribution >= 0.6 is 0 Å². The van der Waals surface area contributed by atoms with Crippen LogP contribution in [0.3, 0.4) is 0 Å². The molecule has 0 aromatic heterocycles. The van der Waals surface area contributed by atoms with Gasteiger partial charge in [-0.2, -0.15) is 5.10 Å². The molecule has 0 radical (unpaired) electrons. The lowest BCUT2D eigenvalue weighted by Gasteiger charge is -2.26. The first-order chi connectivity index (χ1) is 5.74. The maximum absolute atomic E-state index is 10.4. The van der Waals surface area contributed by atoms with Gasteiger partial charge in [0.15, 0.2) is 0 Å². The molecule has 1 rings (SSSR count). The zero-order valence-corrected chi connectivity index (χ0v) is 7.34. The minimum Gasteiger partial charge on any atom is -0.350 e. The summed E-state index contributed by atoms with van der Waals surface area (Å²) in [6.07, 6.45) is 4.57. The summed E-state index contributed by atoms with van der Waals surface area (Å²) in [5, 5.41) is 3.96. The van der Waals surface area contributed by atoms with Crippen molar-refractivity contribution in [3.8, 4) is 0 Å². The van der Waals surface area contributed by atoms with Crippen LogP contribution in [0.15, 0.2) is 5.10 Å². The summed E-state index contributed by atoms with van der Waals surface area (Å²) in [4.78, 5) is 10.4. The molecule has 0 aromatic rings. The number of hydrogen-bond acceptors (Lipinski definition) is 2. The maximum Gasteiger partial charge on any atom is 0.332 e. The fourth-order valence-corrected chi connectivity index (χ4v) is 1.33. The van der Waals surface area contributed by atoms with Gasteiger partial charge < -0.3 is 5.73 Å². The number of carbonyl (C=O) groups is 1. The highest BCUT2D eigenvalue weighted by atomic mass is 16.2. The van der Waals surface area contributed by atoms with E-state index in [2.05, 4.69) is 10.5 Å². The number of urea groups is 1. The summed E-state index contributed by atoms with van der Waals surface area (Å²) >= 11 is 0. The van der Waals surface area contributed by atoms with Gasteiger partial charge in [0.1, 0.15) is 0 Å². The number of nitrogens with two attached hydrogens (primary N) is 1. The first kappa shape index (κ1) is 9.03. The molecular weight excluding hydrogens is 154 g/mol. The van der Waals surface area contributed by atoms with Crippen molar-refractivity contribution in [2.75, 3.05) is 0 Å².